The lowest BCUT2D eigenvalue weighted by Gasteiger charge is -2.16. The second-order valence-electron chi connectivity index (χ2n) is 4.70. The molecule has 0 aromatic heterocycles. The van der Waals surface area contributed by atoms with Gasteiger partial charge in [-0.05, 0) is 48.2 Å². The van der Waals surface area contributed by atoms with Gasteiger partial charge < -0.3 is 10.4 Å². The molecule has 2 aromatic rings. The number of hydrogen-bond acceptors (Lipinski definition) is 2. The first-order valence-corrected chi connectivity index (χ1v) is 6.55. The van der Waals surface area contributed by atoms with Crippen molar-refractivity contribution in [2.24, 2.45) is 0 Å². The molecule has 2 nitrogen and oxygen atoms in total. The molecule has 0 amide bonds. The molecule has 0 bridgehead atoms. The minimum Gasteiger partial charge on any atom is -0.508 e. The molecule has 0 spiro atoms. The van der Waals surface area contributed by atoms with Crippen LogP contribution in [0.2, 0.25) is 5.02 Å². The molecule has 4 heteroatoms. The highest BCUT2D eigenvalue weighted by atomic mass is 35.5. The molecule has 0 fully saturated rings. The molecule has 2 aromatic carbocycles. The summed E-state index contributed by atoms with van der Waals surface area (Å²) in [5.74, 6) is -0.00799. The van der Waals surface area contributed by atoms with Crippen LogP contribution in [-0.4, -0.2) is 5.11 Å². The summed E-state index contributed by atoms with van der Waals surface area (Å²) in [5.41, 5.74) is 2.37. The summed E-state index contributed by atoms with van der Waals surface area (Å²) in [4.78, 5) is 0. The Bertz CT molecular complexity index is 630. The number of aromatic hydroxyl groups is 1. The summed E-state index contributed by atoms with van der Waals surface area (Å²) >= 11 is 5.88. The predicted molar refractivity (Wildman–Crippen MR) is 74.2 cm³/mol. The van der Waals surface area contributed by atoms with E-state index in [-0.39, 0.29) is 11.9 Å². The first kappa shape index (κ1) is 12.3. The first-order valence-electron chi connectivity index (χ1n) is 6.17. The van der Waals surface area contributed by atoms with Crippen molar-refractivity contribution in [3.63, 3.8) is 0 Å². The standard InChI is InChI=1S/C15H13ClFNO/c16-9-4-6-12(17)14(8-9)18-13-7-5-11-10(13)2-1-3-15(11)19/h1-4,6,8,13,18-19H,5,7H2. The normalized spacial score (nSPS) is 17.3. The van der Waals surface area contributed by atoms with Crippen molar-refractivity contribution in [2.45, 2.75) is 18.9 Å². The fourth-order valence-electron chi connectivity index (χ4n) is 2.58. The molecule has 0 saturated heterocycles. The van der Waals surface area contributed by atoms with Gasteiger partial charge >= 0.3 is 0 Å². The van der Waals surface area contributed by atoms with E-state index >= 15 is 0 Å². The van der Waals surface area contributed by atoms with Crippen molar-refractivity contribution in [2.75, 3.05) is 5.32 Å². The molecule has 1 atom stereocenters. The van der Waals surface area contributed by atoms with Gasteiger partial charge in [-0.15, -0.1) is 0 Å². The molecular weight excluding hydrogens is 265 g/mol. The zero-order chi connectivity index (χ0) is 13.4. The van der Waals surface area contributed by atoms with Crippen LogP contribution in [0.4, 0.5) is 10.1 Å². The maximum absolute atomic E-state index is 13.7. The van der Waals surface area contributed by atoms with E-state index in [4.69, 9.17) is 11.6 Å². The second kappa shape index (κ2) is 4.74. The van der Waals surface area contributed by atoms with Crippen LogP contribution in [0.1, 0.15) is 23.6 Å². The molecular formula is C15H13ClFNO. The number of phenolic OH excluding ortho intramolecular Hbond substituents is 1. The number of halogens is 2. The summed E-state index contributed by atoms with van der Waals surface area (Å²) in [5, 5.41) is 13.5. The van der Waals surface area contributed by atoms with Gasteiger partial charge in [-0.1, -0.05) is 23.7 Å². The summed E-state index contributed by atoms with van der Waals surface area (Å²) in [6.45, 7) is 0. The van der Waals surface area contributed by atoms with Crippen molar-refractivity contribution in [1.82, 2.24) is 0 Å². The summed E-state index contributed by atoms with van der Waals surface area (Å²) < 4.78 is 13.7. The van der Waals surface area contributed by atoms with E-state index in [1.54, 1.807) is 12.1 Å². The van der Waals surface area contributed by atoms with E-state index in [2.05, 4.69) is 5.32 Å². The fraction of sp³-hybridized carbons (Fsp3) is 0.200. The van der Waals surface area contributed by atoms with Crippen molar-refractivity contribution < 1.29 is 9.50 Å². The van der Waals surface area contributed by atoms with Gasteiger partial charge in [0.05, 0.1) is 11.7 Å². The number of benzene rings is 2. The van der Waals surface area contributed by atoms with Gasteiger partial charge in [0.1, 0.15) is 11.6 Å². The number of nitrogens with one attached hydrogen (secondary N) is 1. The van der Waals surface area contributed by atoms with Crippen LogP contribution < -0.4 is 5.32 Å². The van der Waals surface area contributed by atoms with E-state index in [1.165, 1.54) is 12.1 Å². The summed E-state index contributed by atoms with van der Waals surface area (Å²) in [6, 6.07) is 9.92. The van der Waals surface area contributed by atoms with Crippen LogP contribution in [0, 0.1) is 5.82 Å². The van der Waals surface area contributed by atoms with Crippen LogP contribution in [0.3, 0.4) is 0 Å². The average Bonchev–Trinajstić information content (AvgIpc) is 2.79. The Hall–Kier alpha value is -1.74. The molecule has 1 aliphatic rings. The third-order valence-electron chi connectivity index (χ3n) is 3.50. The zero-order valence-electron chi connectivity index (χ0n) is 10.2. The first-order chi connectivity index (χ1) is 9.15. The van der Waals surface area contributed by atoms with E-state index in [0.717, 1.165) is 24.0 Å². The molecule has 19 heavy (non-hydrogen) atoms. The number of anilines is 1. The van der Waals surface area contributed by atoms with E-state index in [0.29, 0.717) is 16.5 Å². The lowest BCUT2D eigenvalue weighted by molar-refractivity contribution is 0.469. The number of rotatable bonds is 2. The maximum Gasteiger partial charge on any atom is 0.146 e. The Balaban J connectivity index is 1.91. The Morgan fingerprint density at radius 3 is 2.95 bits per heavy atom. The van der Waals surface area contributed by atoms with Gasteiger partial charge in [-0.25, -0.2) is 4.39 Å². The second-order valence-corrected chi connectivity index (χ2v) is 5.14. The number of phenols is 1. The van der Waals surface area contributed by atoms with Crippen LogP contribution in [0.15, 0.2) is 36.4 Å². The van der Waals surface area contributed by atoms with Crippen LogP contribution in [-0.2, 0) is 6.42 Å². The van der Waals surface area contributed by atoms with Crippen LogP contribution >= 0.6 is 11.6 Å². The smallest absolute Gasteiger partial charge is 0.146 e. The Morgan fingerprint density at radius 2 is 2.11 bits per heavy atom. The van der Waals surface area contributed by atoms with Crippen molar-refractivity contribution in [1.29, 1.82) is 0 Å². The monoisotopic (exact) mass is 277 g/mol. The highest BCUT2D eigenvalue weighted by Crippen LogP contribution is 2.38. The minimum atomic E-state index is -0.321. The van der Waals surface area contributed by atoms with Crippen molar-refractivity contribution in [3.8, 4) is 5.75 Å². The van der Waals surface area contributed by atoms with Gasteiger partial charge in [-0.3, -0.25) is 0 Å². The quantitative estimate of drug-likeness (QED) is 0.858. The SMILES string of the molecule is Oc1cccc2c1CCC2Nc1cc(Cl)ccc1F. The molecule has 98 valence electrons. The molecule has 0 heterocycles. The lowest BCUT2D eigenvalue weighted by atomic mass is 10.1. The van der Waals surface area contributed by atoms with E-state index in [1.807, 2.05) is 12.1 Å². The Labute approximate surface area is 115 Å². The highest BCUT2D eigenvalue weighted by Gasteiger charge is 2.25. The minimum absolute atomic E-state index is 0.00932. The molecule has 1 aliphatic carbocycles. The van der Waals surface area contributed by atoms with Gasteiger partial charge in [0, 0.05) is 5.02 Å². The van der Waals surface area contributed by atoms with Crippen LogP contribution in [0.25, 0.3) is 0 Å². The van der Waals surface area contributed by atoms with Crippen molar-refractivity contribution in [3.05, 3.63) is 58.4 Å². The van der Waals surface area contributed by atoms with E-state index < -0.39 is 0 Å². The van der Waals surface area contributed by atoms with Gasteiger partial charge in [-0.2, -0.15) is 0 Å². The van der Waals surface area contributed by atoms with Crippen molar-refractivity contribution >= 4 is 17.3 Å². The molecule has 0 radical (unpaired) electrons. The molecule has 3 rings (SSSR count). The zero-order valence-corrected chi connectivity index (χ0v) is 10.9. The Morgan fingerprint density at radius 1 is 1.26 bits per heavy atom. The van der Waals surface area contributed by atoms with Gasteiger partial charge in [0.15, 0.2) is 0 Å². The summed E-state index contributed by atoms with van der Waals surface area (Å²) in [7, 11) is 0. The third-order valence-corrected chi connectivity index (χ3v) is 3.74. The molecule has 1 unspecified atom stereocenters. The highest BCUT2D eigenvalue weighted by molar-refractivity contribution is 6.30. The third kappa shape index (κ3) is 2.26. The lowest BCUT2D eigenvalue weighted by Crippen LogP contribution is -2.08. The molecule has 0 aliphatic heterocycles. The topological polar surface area (TPSA) is 32.3 Å². The number of hydrogen-bond donors (Lipinski definition) is 2. The number of fused-ring (bicyclic) bond motifs is 1. The van der Waals surface area contributed by atoms with Gasteiger partial charge in [0.25, 0.3) is 0 Å². The summed E-state index contributed by atoms with van der Waals surface area (Å²) in [6.07, 6.45) is 1.63. The average molecular weight is 278 g/mol. The predicted octanol–water partition coefficient (Wildman–Crippen LogP) is 4.28. The fourth-order valence-corrected chi connectivity index (χ4v) is 2.75. The molecule has 2 N–H and O–H groups in total. The molecule has 0 saturated carbocycles. The maximum atomic E-state index is 13.7. The largest absolute Gasteiger partial charge is 0.508 e. The Kier molecular flexibility index (Phi) is 3.07. The van der Waals surface area contributed by atoms with Gasteiger partial charge in [0.2, 0.25) is 0 Å². The van der Waals surface area contributed by atoms with Crippen LogP contribution in [0.5, 0.6) is 5.75 Å². The van der Waals surface area contributed by atoms with E-state index in [9.17, 15) is 9.50 Å².